The molecule has 0 aromatic heterocycles. The first kappa shape index (κ1) is 17.2. The highest BCUT2D eigenvalue weighted by atomic mass is 19.4. The van der Waals surface area contributed by atoms with E-state index in [4.69, 9.17) is 4.74 Å². The molecule has 1 saturated heterocycles. The Kier molecular flexibility index (Phi) is 6.75. The van der Waals surface area contributed by atoms with E-state index in [-0.39, 0.29) is 31.0 Å². The summed E-state index contributed by atoms with van der Waals surface area (Å²) in [6, 6.07) is 0.0167. The van der Waals surface area contributed by atoms with E-state index >= 15 is 0 Å². The predicted octanol–water partition coefficient (Wildman–Crippen LogP) is 1.80. The van der Waals surface area contributed by atoms with E-state index in [0.717, 1.165) is 17.7 Å². The first-order valence-electron chi connectivity index (χ1n) is 6.92. The van der Waals surface area contributed by atoms with Gasteiger partial charge in [0.05, 0.1) is 13.1 Å². The molecule has 118 valence electrons. The van der Waals surface area contributed by atoms with E-state index in [0.29, 0.717) is 13.2 Å². The van der Waals surface area contributed by atoms with Gasteiger partial charge < -0.3 is 10.1 Å². The molecule has 0 bridgehead atoms. The van der Waals surface area contributed by atoms with Gasteiger partial charge in [0.1, 0.15) is 0 Å². The highest BCUT2D eigenvalue weighted by Crippen LogP contribution is 2.17. The summed E-state index contributed by atoms with van der Waals surface area (Å²) in [4.78, 5) is 13.0. The Balaban J connectivity index is 2.43. The number of carbonyl (C=O) groups is 1. The van der Waals surface area contributed by atoms with Crippen LogP contribution in [0.1, 0.15) is 26.7 Å². The van der Waals surface area contributed by atoms with Crippen molar-refractivity contribution in [3.63, 3.8) is 0 Å². The van der Waals surface area contributed by atoms with Crippen LogP contribution in [0.5, 0.6) is 0 Å². The van der Waals surface area contributed by atoms with Gasteiger partial charge in [0.15, 0.2) is 0 Å². The van der Waals surface area contributed by atoms with Crippen molar-refractivity contribution in [1.82, 2.24) is 10.2 Å². The van der Waals surface area contributed by atoms with E-state index < -0.39 is 12.7 Å². The zero-order valence-electron chi connectivity index (χ0n) is 12.0. The van der Waals surface area contributed by atoms with Crippen LogP contribution in [0.2, 0.25) is 0 Å². The summed E-state index contributed by atoms with van der Waals surface area (Å²) < 4.78 is 42.6. The molecule has 0 atom stereocenters. The van der Waals surface area contributed by atoms with Crippen LogP contribution in [0.3, 0.4) is 0 Å². The molecule has 0 unspecified atom stereocenters. The normalized spacial score (nSPS) is 17.8. The number of amides is 1. The summed E-state index contributed by atoms with van der Waals surface area (Å²) in [7, 11) is 0. The van der Waals surface area contributed by atoms with Crippen molar-refractivity contribution >= 4 is 5.91 Å². The molecule has 1 N–H and O–H groups in total. The second kappa shape index (κ2) is 7.83. The molecule has 4 nitrogen and oxygen atoms in total. The van der Waals surface area contributed by atoms with Gasteiger partial charge >= 0.3 is 6.18 Å². The fourth-order valence-electron chi connectivity index (χ4n) is 2.27. The zero-order valence-corrected chi connectivity index (χ0v) is 12.0. The van der Waals surface area contributed by atoms with Gasteiger partial charge in [-0.25, -0.2) is 0 Å². The average molecular weight is 296 g/mol. The van der Waals surface area contributed by atoms with Crippen molar-refractivity contribution in [3.05, 3.63) is 0 Å². The van der Waals surface area contributed by atoms with Crippen molar-refractivity contribution < 1.29 is 22.7 Å². The molecule has 1 rings (SSSR count). The Hall–Kier alpha value is -0.820. The molecule has 0 aromatic rings. The third-order valence-corrected chi connectivity index (χ3v) is 2.98. The van der Waals surface area contributed by atoms with E-state index in [1.807, 2.05) is 13.8 Å². The maximum atomic E-state index is 12.5. The second-order valence-electron chi connectivity index (χ2n) is 5.63. The van der Waals surface area contributed by atoms with Gasteiger partial charge in [-0.2, -0.15) is 13.2 Å². The van der Waals surface area contributed by atoms with E-state index in [2.05, 4.69) is 5.32 Å². The third kappa shape index (κ3) is 7.69. The van der Waals surface area contributed by atoms with Crippen molar-refractivity contribution in [3.8, 4) is 0 Å². The Labute approximate surface area is 117 Å². The Morgan fingerprint density at radius 3 is 2.45 bits per heavy atom. The SMILES string of the molecule is CC(C)CN(CC(=O)NC1CCOCC1)CC(F)(F)F. The first-order valence-corrected chi connectivity index (χ1v) is 6.92. The van der Waals surface area contributed by atoms with Crippen LogP contribution in [-0.2, 0) is 9.53 Å². The minimum Gasteiger partial charge on any atom is -0.381 e. The molecule has 1 fully saturated rings. The number of carbonyl (C=O) groups excluding carboxylic acids is 1. The Bertz CT molecular complexity index is 302. The lowest BCUT2D eigenvalue weighted by atomic mass is 10.1. The molecule has 0 spiro atoms. The minimum atomic E-state index is -4.28. The highest BCUT2D eigenvalue weighted by Gasteiger charge is 2.32. The van der Waals surface area contributed by atoms with Crippen LogP contribution >= 0.6 is 0 Å². The van der Waals surface area contributed by atoms with Crippen LogP contribution in [-0.4, -0.2) is 55.9 Å². The quantitative estimate of drug-likeness (QED) is 0.812. The van der Waals surface area contributed by atoms with Gasteiger partial charge in [0, 0.05) is 25.8 Å². The highest BCUT2D eigenvalue weighted by molar-refractivity contribution is 5.78. The molecule has 1 aliphatic heterocycles. The molecule has 20 heavy (non-hydrogen) atoms. The maximum absolute atomic E-state index is 12.5. The van der Waals surface area contributed by atoms with Crippen LogP contribution in [0, 0.1) is 5.92 Å². The maximum Gasteiger partial charge on any atom is 0.401 e. The van der Waals surface area contributed by atoms with Crippen LogP contribution in [0.4, 0.5) is 13.2 Å². The van der Waals surface area contributed by atoms with Gasteiger partial charge in [0.25, 0.3) is 0 Å². The van der Waals surface area contributed by atoms with Gasteiger partial charge in [-0.15, -0.1) is 0 Å². The second-order valence-corrected chi connectivity index (χ2v) is 5.63. The minimum absolute atomic E-state index is 0.0167. The van der Waals surface area contributed by atoms with Gasteiger partial charge in [-0.1, -0.05) is 13.8 Å². The number of halogens is 3. The Morgan fingerprint density at radius 1 is 1.35 bits per heavy atom. The molecular weight excluding hydrogens is 273 g/mol. The number of nitrogens with one attached hydrogen (secondary N) is 1. The van der Waals surface area contributed by atoms with Crippen molar-refractivity contribution in [2.24, 2.45) is 5.92 Å². The lowest BCUT2D eigenvalue weighted by molar-refractivity contribution is -0.150. The topological polar surface area (TPSA) is 41.6 Å². The summed E-state index contributed by atoms with van der Waals surface area (Å²) >= 11 is 0. The summed E-state index contributed by atoms with van der Waals surface area (Å²) in [6.45, 7) is 3.83. The Morgan fingerprint density at radius 2 is 1.95 bits per heavy atom. The van der Waals surface area contributed by atoms with E-state index in [9.17, 15) is 18.0 Å². The first-order chi connectivity index (χ1) is 9.26. The standard InChI is InChI=1S/C13H23F3N2O2/c1-10(2)7-18(9-13(14,15)16)8-12(19)17-11-3-5-20-6-4-11/h10-11H,3-9H2,1-2H3,(H,17,19). The van der Waals surface area contributed by atoms with Gasteiger partial charge in [-0.05, 0) is 18.8 Å². The summed E-state index contributed by atoms with van der Waals surface area (Å²) in [5.74, 6) is -0.268. The summed E-state index contributed by atoms with van der Waals surface area (Å²) in [6.07, 6.45) is -2.85. The number of rotatable bonds is 6. The molecule has 0 radical (unpaired) electrons. The molecule has 0 aliphatic carbocycles. The van der Waals surface area contributed by atoms with Crippen LogP contribution < -0.4 is 5.32 Å². The van der Waals surface area contributed by atoms with Gasteiger partial charge in [-0.3, -0.25) is 9.69 Å². The summed E-state index contributed by atoms with van der Waals surface area (Å²) in [5, 5.41) is 2.78. The molecule has 0 aromatic carbocycles. The molecular formula is C13H23F3N2O2. The third-order valence-electron chi connectivity index (χ3n) is 2.98. The molecule has 1 aliphatic rings. The number of hydrogen-bond acceptors (Lipinski definition) is 3. The molecule has 0 saturated carbocycles. The van der Waals surface area contributed by atoms with Crippen molar-refractivity contribution in [2.75, 3.05) is 32.8 Å². The molecule has 7 heteroatoms. The fraction of sp³-hybridized carbons (Fsp3) is 0.923. The van der Waals surface area contributed by atoms with Gasteiger partial charge in [0.2, 0.25) is 5.91 Å². The molecule has 1 heterocycles. The molecule has 1 amide bonds. The fourth-order valence-corrected chi connectivity index (χ4v) is 2.27. The van der Waals surface area contributed by atoms with E-state index in [1.165, 1.54) is 0 Å². The average Bonchev–Trinajstić information content (AvgIpc) is 2.26. The number of nitrogens with zero attached hydrogens (tertiary/aromatic N) is 1. The predicted molar refractivity (Wildman–Crippen MR) is 69.3 cm³/mol. The van der Waals surface area contributed by atoms with Crippen LogP contribution in [0.25, 0.3) is 0 Å². The number of alkyl halides is 3. The van der Waals surface area contributed by atoms with Crippen molar-refractivity contribution in [1.29, 1.82) is 0 Å². The largest absolute Gasteiger partial charge is 0.401 e. The monoisotopic (exact) mass is 296 g/mol. The lowest BCUT2D eigenvalue weighted by Crippen LogP contribution is -2.47. The van der Waals surface area contributed by atoms with Crippen molar-refractivity contribution in [2.45, 2.75) is 38.9 Å². The lowest BCUT2D eigenvalue weighted by Gasteiger charge is -2.27. The van der Waals surface area contributed by atoms with E-state index in [1.54, 1.807) is 0 Å². The van der Waals surface area contributed by atoms with Crippen LogP contribution in [0.15, 0.2) is 0 Å². The smallest absolute Gasteiger partial charge is 0.381 e. The zero-order chi connectivity index (χ0) is 15.2. The summed E-state index contributed by atoms with van der Waals surface area (Å²) in [5.41, 5.74) is 0. The number of hydrogen-bond donors (Lipinski definition) is 1. The number of ether oxygens (including phenoxy) is 1.